The molecule has 128 valence electrons. The lowest BCUT2D eigenvalue weighted by molar-refractivity contribution is -0.384. The van der Waals surface area contributed by atoms with Crippen LogP contribution >= 0.6 is 11.6 Å². The summed E-state index contributed by atoms with van der Waals surface area (Å²) in [6.45, 7) is 4.52. The quantitative estimate of drug-likeness (QED) is 0.539. The molecule has 0 atom stereocenters. The Morgan fingerprint density at radius 2 is 2.00 bits per heavy atom. The number of hydrogen-bond donors (Lipinski definition) is 1. The molecule has 0 unspecified atom stereocenters. The Bertz CT molecular complexity index is 995. The molecule has 0 radical (unpaired) electrons. The number of rotatable bonds is 4. The van der Waals surface area contributed by atoms with Gasteiger partial charge in [-0.15, -0.1) is 0 Å². The molecule has 1 aromatic heterocycles. The van der Waals surface area contributed by atoms with Gasteiger partial charge in [-0.25, -0.2) is 0 Å². The summed E-state index contributed by atoms with van der Waals surface area (Å²) in [5, 5.41) is 14.7. The minimum absolute atomic E-state index is 0.123. The zero-order chi connectivity index (χ0) is 18.1. The van der Waals surface area contributed by atoms with Crippen LogP contribution in [0.2, 0.25) is 5.02 Å². The number of carbonyl (C=O) groups is 1. The van der Waals surface area contributed by atoms with Gasteiger partial charge in [0.15, 0.2) is 0 Å². The Balaban J connectivity index is 2.01. The highest BCUT2D eigenvalue weighted by atomic mass is 35.5. The van der Waals surface area contributed by atoms with Gasteiger partial charge in [-0.3, -0.25) is 14.9 Å². The van der Waals surface area contributed by atoms with E-state index in [2.05, 4.69) is 5.32 Å². The van der Waals surface area contributed by atoms with Crippen LogP contribution < -0.4 is 5.32 Å². The molecule has 2 aromatic carbocycles. The molecule has 0 spiro atoms. The third kappa shape index (κ3) is 2.96. The van der Waals surface area contributed by atoms with E-state index in [1.54, 1.807) is 0 Å². The Morgan fingerprint density at radius 1 is 1.28 bits per heavy atom. The summed E-state index contributed by atoms with van der Waals surface area (Å²) in [4.78, 5) is 23.1. The molecule has 6 nitrogen and oxygen atoms in total. The largest absolute Gasteiger partial charge is 0.337 e. The van der Waals surface area contributed by atoms with E-state index in [1.165, 1.54) is 18.2 Å². The molecule has 0 aliphatic heterocycles. The van der Waals surface area contributed by atoms with E-state index in [-0.39, 0.29) is 16.6 Å². The van der Waals surface area contributed by atoms with Gasteiger partial charge in [0.05, 0.1) is 15.6 Å². The monoisotopic (exact) mass is 357 g/mol. The molecule has 0 fully saturated rings. The van der Waals surface area contributed by atoms with Gasteiger partial charge < -0.3 is 9.88 Å². The molecule has 3 aromatic rings. The molecule has 0 bridgehead atoms. The standard InChI is InChI=1S/C18H16ClN3O3/c1-3-21-16-7-5-4-6-13(16)11(2)17(21)18(23)20-15-9-8-12(22(24)25)10-14(15)19/h4-10H,3H2,1-2H3,(H,20,23). The van der Waals surface area contributed by atoms with Crippen molar-refractivity contribution in [3.05, 3.63) is 68.9 Å². The number of carbonyl (C=O) groups excluding carboxylic acids is 1. The van der Waals surface area contributed by atoms with Crippen LogP contribution in [0.5, 0.6) is 0 Å². The number of nitrogens with one attached hydrogen (secondary N) is 1. The first-order chi connectivity index (χ1) is 11.9. The summed E-state index contributed by atoms with van der Waals surface area (Å²) in [7, 11) is 0. The smallest absolute Gasteiger partial charge is 0.272 e. The normalized spacial score (nSPS) is 10.8. The molecule has 1 amide bonds. The predicted octanol–water partition coefficient (Wildman–Crippen LogP) is 4.78. The van der Waals surface area contributed by atoms with Gasteiger partial charge in [-0.1, -0.05) is 29.8 Å². The highest BCUT2D eigenvalue weighted by Gasteiger charge is 2.20. The molecule has 0 saturated carbocycles. The Morgan fingerprint density at radius 3 is 2.64 bits per heavy atom. The molecule has 1 heterocycles. The third-order valence-corrected chi connectivity index (χ3v) is 4.48. The van der Waals surface area contributed by atoms with Crippen molar-refractivity contribution in [1.29, 1.82) is 0 Å². The number of nitro benzene ring substituents is 1. The number of anilines is 1. The van der Waals surface area contributed by atoms with Crippen molar-refractivity contribution in [2.75, 3.05) is 5.32 Å². The van der Waals surface area contributed by atoms with Crippen LogP contribution in [-0.2, 0) is 6.54 Å². The van der Waals surface area contributed by atoms with Crippen molar-refractivity contribution in [2.24, 2.45) is 0 Å². The number of aromatic nitrogens is 1. The van der Waals surface area contributed by atoms with Gasteiger partial charge in [-0.2, -0.15) is 0 Å². The fourth-order valence-electron chi connectivity index (χ4n) is 3.00. The molecule has 7 heteroatoms. The van der Waals surface area contributed by atoms with Gasteiger partial charge in [0.2, 0.25) is 0 Å². The molecule has 3 rings (SSSR count). The van der Waals surface area contributed by atoms with Gasteiger partial charge in [0, 0.05) is 29.6 Å². The summed E-state index contributed by atoms with van der Waals surface area (Å²) < 4.78 is 1.94. The minimum Gasteiger partial charge on any atom is -0.337 e. The maximum Gasteiger partial charge on any atom is 0.272 e. The minimum atomic E-state index is -0.531. The van der Waals surface area contributed by atoms with Crippen molar-refractivity contribution in [3.8, 4) is 0 Å². The number of aryl methyl sites for hydroxylation is 2. The van der Waals surface area contributed by atoms with Crippen LogP contribution in [0.15, 0.2) is 42.5 Å². The molecular formula is C18H16ClN3O3. The highest BCUT2D eigenvalue weighted by molar-refractivity contribution is 6.34. The van der Waals surface area contributed by atoms with Crippen LogP contribution in [0.1, 0.15) is 23.0 Å². The number of hydrogen-bond acceptors (Lipinski definition) is 3. The van der Waals surface area contributed by atoms with Crippen molar-refractivity contribution in [1.82, 2.24) is 4.57 Å². The van der Waals surface area contributed by atoms with Gasteiger partial charge in [0.25, 0.3) is 11.6 Å². The van der Waals surface area contributed by atoms with E-state index in [9.17, 15) is 14.9 Å². The van der Waals surface area contributed by atoms with Crippen LogP contribution in [0, 0.1) is 17.0 Å². The van der Waals surface area contributed by atoms with Crippen molar-refractivity contribution >= 4 is 39.8 Å². The van der Waals surface area contributed by atoms with Crippen LogP contribution in [0.3, 0.4) is 0 Å². The average Bonchev–Trinajstić information content (AvgIpc) is 2.89. The molecular weight excluding hydrogens is 342 g/mol. The first-order valence-corrected chi connectivity index (χ1v) is 8.15. The van der Waals surface area contributed by atoms with E-state index in [1.807, 2.05) is 42.7 Å². The van der Waals surface area contributed by atoms with E-state index in [0.29, 0.717) is 17.9 Å². The van der Waals surface area contributed by atoms with Gasteiger partial charge >= 0.3 is 0 Å². The number of amides is 1. The average molecular weight is 358 g/mol. The summed E-state index contributed by atoms with van der Waals surface area (Å²) in [6, 6.07) is 11.8. The number of nitrogens with zero attached hydrogens (tertiary/aromatic N) is 2. The fraction of sp³-hybridized carbons (Fsp3) is 0.167. The van der Waals surface area contributed by atoms with Gasteiger partial charge in [0.1, 0.15) is 5.69 Å². The lowest BCUT2D eigenvalue weighted by atomic mass is 10.1. The Hall–Kier alpha value is -2.86. The number of fused-ring (bicyclic) bond motifs is 1. The molecule has 0 saturated heterocycles. The molecule has 1 N–H and O–H groups in total. The zero-order valence-corrected chi connectivity index (χ0v) is 14.5. The second-order valence-corrected chi connectivity index (χ2v) is 6.02. The van der Waals surface area contributed by atoms with Crippen LogP contribution in [-0.4, -0.2) is 15.4 Å². The van der Waals surface area contributed by atoms with Crippen molar-refractivity contribution in [2.45, 2.75) is 20.4 Å². The van der Waals surface area contributed by atoms with E-state index in [0.717, 1.165) is 16.5 Å². The number of non-ortho nitro benzene ring substituents is 1. The topological polar surface area (TPSA) is 77.2 Å². The highest BCUT2D eigenvalue weighted by Crippen LogP contribution is 2.29. The van der Waals surface area contributed by atoms with Gasteiger partial charge in [-0.05, 0) is 31.5 Å². The summed E-state index contributed by atoms with van der Waals surface area (Å²) >= 11 is 6.07. The first-order valence-electron chi connectivity index (χ1n) is 7.77. The zero-order valence-electron chi connectivity index (χ0n) is 13.7. The Labute approximate surface area is 149 Å². The number of para-hydroxylation sites is 1. The number of nitro groups is 1. The van der Waals surface area contributed by atoms with E-state index < -0.39 is 4.92 Å². The summed E-state index contributed by atoms with van der Waals surface area (Å²) in [5.41, 5.74) is 2.64. The van der Waals surface area contributed by atoms with E-state index in [4.69, 9.17) is 11.6 Å². The Kier molecular flexibility index (Phi) is 4.46. The SMILES string of the molecule is CCn1c(C(=O)Nc2ccc([N+](=O)[O-])cc2Cl)c(C)c2ccccc21. The second kappa shape index (κ2) is 6.57. The lowest BCUT2D eigenvalue weighted by Gasteiger charge is -2.11. The first kappa shape index (κ1) is 17.0. The summed E-state index contributed by atoms with van der Waals surface area (Å²) in [6.07, 6.45) is 0. The third-order valence-electron chi connectivity index (χ3n) is 4.17. The summed E-state index contributed by atoms with van der Waals surface area (Å²) in [5.74, 6) is -0.300. The molecule has 0 aliphatic rings. The van der Waals surface area contributed by atoms with Crippen molar-refractivity contribution < 1.29 is 9.72 Å². The maximum atomic E-state index is 12.8. The molecule has 25 heavy (non-hydrogen) atoms. The van der Waals surface area contributed by atoms with Crippen LogP contribution in [0.25, 0.3) is 10.9 Å². The maximum absolute atomic E-state index is 12.8. The lowest BCUT2D eigenvalue weighted by Crippen LogP contribution is -2.18. The molecule has 0 aliphatic carbocycles. The van der Waals surface area contributed by atoms with Crippen molar-refractivity contribution in [3.63, 3.8) is 0 Å². The van der Waals surface area contributed by atoms with Crippen LogP contribution in [0.4, 0.5) is 11.4 Å². The predicted molar refractivity (Wildman–Crippen MR) is 98.4 cm³/mol. The number of benzene rings is 2. The van der Waals surface area contributed by atoms with E-state index >= 15 is 0 Å². The fourth-order valence-corrected chi connectivity index (χ4v) is 3.22. The second-order valence-electron chi connectivity index (χ2n) is 5.61. The number of halogens is 1.